The van der Waals surface area contributed by atoms with Crippen LogP contribution in [-0.4, -0.2) is 11.6 Å². The van der Waals surface area contributed by atoms with Crippen molar-refractivity contribution in [2.45, 2.75) is 72.0 Å². The van der Waals surface area contributed by atoms with Crippen LogP contribution >= 0.6 is 0 Å². The third-order valence-electron chi connectivity index (χ3n) is 7.31. The van der Waals surface area contributed by atoms with Gasteiger partial charge in [0, 0.05) is 19.2 Å². The smallest absolute Gasteiger partial charge is 0.155 e. The summed E-state index contributed by atoms with van der Waals surface area (Å²) in [7, 11) is 0. The second-order valence-electron chi connectivity index (χ2n) is 8.41. The molecule has 0 aromatic carbocycles. The Kier molecular flexibility index (Phi) is 2.37. The van der Waals surface area contributed by atoms with Gasteiger partial charge in [0.25, 0.3) is 0 Å². The van der Waals surface area contributed by atoms with Crippen molar-refractivity contribution in [3.05, 3.63) is 11.6 Å². The summed E-state index contributed by atoms with van der Waals surface area (Å²) < 4.78 is 45.6. The molecular weight excluding hydrogens is 284 g/mol. The fourth-order valence-electron chi connectivity index (χ4n) is 5.94. The van der Waals surface area contributed by atoms with Crippen molar-refractivity contribution in [3.63, 3.8) is 0 Å². The summed E-state index contributed by atoms with van der Waals surface area (Å²) in [5.41, 5.74) is -1.16. The Morgan fingerprint density at radius 1 is 1.30 bits per heavy atom. The predicted octanol–water partition coefficient (Wildman–Crippen LogP) is 4.72. The second-order valence-corrected chi connectivity index (χ2v) is 8.41. The highest BCUT2D eigenvalue weighted by atomic mass is 16.1. The molecule has 126 valence electrons. The van der Waals surface area contributed by atoms with Gasteiger partial charge in [-0.15, -0.1) is 0 Å². The van der Waals surface area contributed by atoms with E-state index in [1.807, 2.05) is 6.92 Å². The van der Waals surface area contributed by atoms with E-state index in [-0.39, 0.29) is 29.8 Å². The summed E-state index contributed by atoms with van der Waals surface area (Å²) in [4.78, 5) is 24.4. The molecule has 23 heavy (non-hydrogen) atoms. The lowest BCUT2D eigenvalue weighted by atomic mass is 9.47. The van der Waals surface area contributed by atoms with E-state index in [1.165, 1.54) is 6.92 Å². The van der Waals surface area contributed by atoms with Gasteiger partial charge in [0.15, 0.2) is 5.78 Å². The number of hydrogen-bond acceptors (Lipinski definition) is 2. The summed E-state index contributed by atoms with van der Waals surface area (Å²) in [6, 6.07) is 0. The number of hydrogen-bond donors (Lipinski definition) is 0. The van der Waals surface area contributed by atoms with E-state index in [4.69, 9.17) is 5.48 Å². The molecule has 0 radical (unpaired) electrons. The Balaban J connectivity index is 1.96. The van der Waals surface area contributed by atoms with Gasteiger partial charge >= 0.3 is 0 Å². The fourth-order valence-corrected chi connectivity index (χ4v) is 5.94. The Labute approximate surface area is 147 Å². The van der Waals surface area contributed by atoms with Crippen LogP contribution in [0.5, 0.6) is 0 Å². The minimum Gasteiger partial charge on any atom is -0.300 e. The van der Waals surface area contributed by atoms with Gasteiger partial charge in [-0.3, -0.25) is 9.59 Å². The zero-order chi connectivity index (χ0) is 20.9. The number of ketones is 2. The molecule has 0 amide bonds. The van der Waals surface area contributed by atoms with E-state index in [1.54, 1.807) is 13.0 Å². The molecule has 4 aliphatic rings. The lowest BCUT2D eigenvalue weighted by Crippen LogP contribution is -2.51. The predicted molar refractivity (Wildman–Crippen MR) is 90.9 cm³/mol. The molecule has 3 fully saturated rings. The van der Waals surface area contributed by atoms with E-state index >= 15 is 0 Å². The Bertz CT molecular complexity index is 790. The van der Waals surface area contributed by atoms with Crippen LogP contribution in [0.3, 0.4) is 0 Å². The lowest BCUT2D eigenvalue weighted by Gasteiger charge is -2.58. The molecule has 0 heterocycles. The maximum absolute atomic E-state index is 12.4. The van der Waals surface area contributed by atoms with Crippen molar-refractivity contribution in [1.29, 1.82) is 0 Å². The fraction of sp³-hybridized carbons (Fsp3) is 0.810. The third-order valence-corrected chi connectivity index (χ3v) is 7.31. The molecule has 0 aromatic rings. The van der Waals surface area contributed by atoms with Crippen molar-refractivity contribution >= 4 is 11.6 Å². The summed E-state index contributed by atoms with van der Waals surface area (Å²) in [5.74, 6) is -2.75. The monoisotopic (exact) mass is 319 g/mol. The van der Waals surface area contributed by atoms with E-state index in [0.29, 0.717) is 32.1 Å². The molecule has 0 spiro atoms. The van der Waals surface area contributed by atoms with Crippen LogP contribution in [0.15, 0.2) is 11.6 Å². The van der Waals surface area contributed by atoms with Gasteiger partial charge in [-0.25, -0.2) is 0 Å². The molecule has 2 heteroatoms. The number of carbonyl (C=O) groups excluding carboxylic acids is 2. The highest BCUT2D eigenvalue weighted by Gasteiger charge is 2.59. The summed E-state index contributed by atoms with van der Waals surface area (Å²) in [6.45, 7) is 5.12. The van der Waals surface area contributed by atoms with Gasteiger partial charge in [0.05, 0.1) is 0 Å². The first-order chi connectivity index (χ1) is 12.8. The van der Waals surface area contributed by atoms with Crippen LogP contribution in [0.1, 0.15) is 78.9 Å². The number of allylic oxidation sites excluding steroid dienone is 1. The van der Waals surface area contributed by atoms with E-state index in [0.717, 1.165) is 5.57 Å². The van der Waals surface area contributed by atoms with Gasteiger partial charge < -0.3 is 0 Å². The zero-order valence-corrected chi connectivity index (χ0v) is 14.4. The van der Waals surface area contributed by atoms with Gasteiger partial charge in [-0.1, -0.05) is 19.4 Å². The topological polar surface area (TPSA) is 34.1 Å². The molecule has 0 N–H and O–H groups in total. The molecule has 2 nitrogen and oxygen atoms in total. The van der Waals surface area contributed by atoms with Gasteiger partial charge in [-0.05, 0) is 86.4 Å². The van der Waals surface area contributed by atoms with Crippen LogP contribution in [-0.2, 0) is 9.59 Å². The van der Waals surface area contributed by atoms with Crippen LogP contribution in [0, 0.1) is 34.5 Å². The lowest BCUT2D eigenvalue weighted by molar-refractivity contribution is -0.128. The van der Waals surface area contributed by atoms with E-state index in [2.05, 4.69) is 0 Å². The number of rotatable bonds is 1. The standard InChI is InChI=1S/C21H30O2/c1-13(22)17-6-7-18-16-5-4-14-12-15(23)8-10-20(14,2)19(16)9-11-21(17,18)3/h12,16-19H,4-11H2,1-3H3/t16-,17+,18-,19-,20-,21+/m0/s1/i9D2,11D2,19D. The summed E-state index contributed by atoms with van der Waals surface area (Å²) in [5, 5.41) is 0. The maximum Gasteiger partial charge on any atom is 0.155 e. The molecule has 6 atom stereocenters. The number of Topliss-reactive ketones (excluding diaryl/α,β-unsaturated/α-hetero) is 1. The van der Waals surface area contributed by atoms with Gasteiger partial charge in [0.1, 0.15) is 5.78 Å². The molecule has 0 bridgehead atoms. The number of carbonyl (C=O) groups is 2. The SMILES string of the molecule is [2H]C1([2H])C([2H])([2H])[C@@]2([2H])[C@@H](CCC3=CC(=O)CC[C@@]32C)[C@@H]2CC[C@H](C(C)=O)[C@]21C. The third kappa shape index (κ3) is 2.06. The first-order valence-corrected chi connectivity index (χ1v) is 9.01. The molecule has 0 aromatic heterocycles. The van der Waals surface area contributed by atoms with Gasteiger partial charge in [-0.2, -0.15) is 0 Å². The molecule has 4 rings (SSSR count). The molecular formula is C21H30O2. The summed E-state index contributed by atoms with van der Waals surface area (Å²) in [6.07, 6.45) is -0.0140. The Morgan fingerprint density at radius 2 is 2.09 bits per heavy atom. The van der Waals surface area contributed by atoms with Crippen molar-refractivity contribution < 1.29 is 16.4 Å². The van der Waals surface area contributed by atoms with Crippen molar-refractivity contribution in [2.24, 2.45) is 34.5 Å². The molecule has 4 aliphatic carbocycles. The van der Waals surface area contributed by atoms with Crippen LogP contribution in [0.4, 0.5) is 0 Å². The van der Waals surface area contributed by atoms with E-state index in [9.17, 15) is 11.0 Å². The molecule has 0 saturated heterocycles. The van der Waals surface area contributed by atoms with Crippen molar-refractivity contribution in [2.75, 3.05) is 0 Å². The Hall–Kier alpha value is -0.920. The van der Waals surface area contributed by atoms with Crippen molar-refractivity contribution in [1.82, 2.24) is 0 Å². The molecule has 3 saturated carbocycles. The van der Waals surface area contributed by atoms with Gasteiger partial charge in [0.2, 0.25) is 0 Å². The van der Waals surface area contributed by atoms with Crippen LogP contribution in [0.25, 0.3) is 0 Å². The normalized spacial score (nSPS) is 59.8. The maximum atomic E-state index is 12.4. The summed E-state index contributed by atoms with van der Waals surface area (Å²) >= 11 is 0. The average molecular weight is 319 g/mol. The van der Waals surface area contributed by atoms with Crippen LogP contribution in [0.2, 0.25) is 0 Å². The quantitative estimate of drug-likeness (QED) is 0.700. The highest BCUT2D eigenvalue weighted by Crippen LogP contribution is 2.66. The highest BCUT2D eigenvalue weighted by molar-refractivity contribution is 5.91. The molecule has 0 unspecified atom stereocenters. The van der Waals surface area contributed by atoms with Crippen molar-refractivity contribution in [3.8, 4) is 0 Å². The second kappa shape index (κ2) is 5.04. The minimum atomic E-state index is -2.44. The zero-order valence-electron chi connectivity index (χ0n) is 19.4. The first-order valence-electron chi connectivity index (χ1n) is 11.5. The van der Waals surface area contributed by atoms with E-state index < -0.39 is 35.4 Å². The minimum absolute atomic E-state index is 0.0243. The van der Waals surface area contributed by atoms with Crippen LogP contribution < -0.4 is 0 Å². The Morgan fingerprint density at radius 3 is 2.83 bits per heavy atom. The average Bonchev–Trinajstić information content (AvgIpc) is 2.95. The number of fused-ring (bicyclic) bond motifs is 5. The molecule has 0 aliphatic heterocycles. The first kappa shape index (κ1) is 10.8. The largest absolute Gasteiger partial charge is 0.300 e.